The van der Waals surface area contributed by atoms with Crippen molar-refractivity contribution in [3.05, 3.63) is 65.3 Å². The Labute approximate surface area is 227 Å². The number of nitrogens with zero attached hydrogens (tertiary/aromatic N) is 6. The van der Waals surface area contributed by atoms with E-state index in [0.29, 0.717) is 43.1 Å². The number of benzene rings is 1. The van der Waals surface area contributed by atoms with Crippen LogP contribution < -0.4 is 5.32 Å². The van der Waals surface area contributed by atoms with E-state index in [-0.39, 0.29) is 28.8 Å². The van der Waals surface area contributed by atoms with Crippen LogP contribution in [0.25, 0.3) is 28.4 Å². The first-order valence-electron chi connectivity index (χ1n) is 12.9. The minimum absolute atomic E-state index is 0.0269. The number of piperidine rings is 1. The van der Waals surface area contributed by atoms with Gasteiger partial charge in [0, 0.05) is 30.9 Å². The Kier molecular flexibility index (Phi) is 7.54. The molecule has 1 fully saturated rings. The molecule has 0 spiro atoms. The fourth-order valence-electron chi connectivity index (χ4n) is 5.00. The Bertz CT molecular complexity index is 1550. The van der Waals surface area contributed by atoms with Gasteiger partial charge in [0.25, 0.3) is 0 Å². The van der Waals surface area contributed by atoms with Gasteiger partial charge in [-0.3, -0.25) is 4.90 Å². The average Bonchev–Trinajstić information content (AvgIpc) is 3.23. The molecule has 4 heterocycles. The summed E-state index contributed by atoms with van der Waals surface area (Å²) in [6.45, 7) is 5.55. The van der Waals surface area contributed by atoms with Gasteiger partial charge in [-0.2, -0.15) is 13.2 Å². The highest BCUT2D eigenvalue weighted by Crippen LogP contribution is 2.30. The molecule has 0 radical (unpaired) electrons. The minimum atomic E-state index is -4.19. The molecule has 210 valence electrons. The molecular formula is C28H28F5N7. The number of imidazole rings is 1. The number of pyridine rings is 1. The van der Waals surface area contributed by atoms with Crippen LogP contribution in [0.1, 0.15) is 44.1 Å². The van der Waals surface area contributed by atoms with E-state index >= 15 is 0 Å². The molecule has 1 saturated heterocycles. The highest BCUT2D eigenvalue weighted by atomic mass is 19.4. The van der Waals surface area contributed by atoms with Gasteiger partial charge in [-0.15, -0.1) is 0 Å². The summed E-state index contributed by atoms with van der Waals surface area (Å²) in [6, 6.07) is 6.42. The lowest BCUT2D eigenvalue weighted by atomic mass is 10.0. The standard InChI is InChI=1S/C28H28F5N7/c1-16(2)40-17(3)36-26-21(29)11-20(12-23(26)40)25-22(30)14-35-27(38-25)37-24-5-4-19(13-34-24)10-18-6-8-39(9-7-18)15-28(31,32)33/h4-5,10-14,16H,6-9,15H2,1-3H3,(H,34,35,37,38). The summed E-state index contributed by atoms with van der Waals surface area (Å²) in [5, 5.41) is 2.94. The fourth-order valence-corrected chi connectivity index (χ4v) is 5.00. The van der Waals surface area contributed by atoms with Crippen molar-refractivity contribution in [3.63, 3.8) is 0 Å². The van der Waals surface area contributed by atoms with Crippen molar-refractivity contribution in [1.29, 1.82) is 0 Å². The number of halogens is 5. The Morgan fingerprint density at radius 3 is 2.40 bits per heavy atom. The molecule has 4 aromatic rings. The summed E-state index contributed by atoms with van der Waals surface area (Å²) in [5.41, 5.74) is 2.83. The molecule has 1 N–H and O–H groups in total. The molecule has 1 aromatic carbocycles. The second-order valence-electron chi connectivity index (χ2n) is 10.1. The van der Waals surface area contributed by atoms with Crippen molar-refractivity contribution in [2.24, 2.45) is 0 Å². The van der Waals surface area contributed by atoms with E-state index in [4.69, 9.17) is 0 Å². The number of likely N-dealkylation sites (tertiary alicyclic amines) is 1. The predicted molar refractivity (Wildman–Crippen MR) is 143 cm³/mol. The average molecular weight is 558 g/mol. The Morgan fingerprint density at radius 1 is 1.00 bits per heavy atom. The molecule has 0 saturated carbocycles. The first-order chi connectivity index (χ1) is 19.0. The second kappa shape index (κ2) is 10.9. The maximum absolute atomic E-state index is 14.9. The summed E-state index contributed by atoms with van der Waals surface area (Å²) in [5.74, 6) is -0.118. The monoisotopic (exact) mass is 557 g/mol. The molecule has 40 heavy (non-hydrogen) atoms. The SMILES string of the molecule is Cc1nc2c(F)cc(-c3nc(Nc4ccc(C=C5CCN(CC(F)(F)F)CC5)cn4)ncc3F)cc2n1C(C)C. The van der Waals surface area contributed by atoms with Crippen LogP contribution in [0, 0.1) is 18.6 Å². The molecule has 0 unspecified atom stereocenters. The molecule has 0 amide bonds. The van der Waals surface area contributed by atoms with Gasteiger partial charge in [-0.25, -0.2) is 28.7 Å². The van der Waals surface area contributed by atoms with E-state index in [9.17, 15) is 22.0 Å². The van der Waals surface area contributed by atoms with Gasteiger partial charge in [0.1, 0.15) is 22.9 Å². The van der Waals surface area contributed by atoms with Gasteiger partial charge in [-0.1, -0.05) is 11.6 Å². The Balaban J connectivity index is 1.32. The maximum atomic E-state index is 14.9. The van der Waals surface area contributed by atoms with Crippen molar-refractivity contribution in [1.82, 2.24) is 29.4 Å². The number of rotatable bonds is 6. The maximum Gasteiger partial charge on any atom is 0.401 e. The van der Waals surface area contributed by atoms with Crippen LogP contribution in [-0.2, 0) is 0 Å². The van der Waals surface area contributed by atoms with Crippen molar-refractivity contribution in [2.45, 2.75) is 45.8 Å². The Hall–Kier alpha value is -3.93. The zero-order valence-corrected chi connectivity index (χ0v) is 22.2. The minimum Gasteiger partial charge on any atom is -0.326 e. The van der Waals surface area contributed by atoms with E-state index in [1.165, 1.54) is 11.0 Å². The number of aromatic nitrogens is 5. The fraction of sp³-hybridized carbons (Fsp3) is 0.357. The summed E-state index contributed by atoms with van der Waals surface area (Å²) in [7, 11) is 0. The predicted octanol–water partition coefficient (Wildman–Crippen LogP) is 6.84. The molecule has 0 bridgehead atoms. The summed E-state index contributed by atoms with van der Waals surface area (Å²) < 4.78 is 69.4. The number of aryl methyl sites for hydroxylation is 1. The topological polar surface area (TPSA) is 71.8 Å². The van der Waals surface area contributed by atoms with E-state index < -0.39 is 24.4 Å². The van der Waals surface area contributed by atoms with Crippen LogP contribution in [0.2, 0.25) is 0 Å². The van der Waals surface area contributed by atoms with Crippen LogP contribution in [0.5, 0.6) is 0 Å². The second-order valence-corrected chi connectivity index (χ2v) is 10.1. The summed E-state index contributed by atoms with van der Waals surface area (Å²) >= 11 is 0. The third kappa shape index (κ3) is 6.11. The van der Waals surface area contributed by atoms with Crippen molar-refractivity contribution >= 4 is 28.9 Å². The molecular weight excluding hydrogens is 529 g/mol. The third-order valence-corrected chi connectivity index (χ3v) is 6.76. The quantitative estimate of drug-likeness (QED) is 0.262. The molecule has 12 heteroatoms. The van der Waals surface area contributed by atoms with Crippen LogP contribution in [0.3, 0.4) is 0 Å². The number of fused-ring (bicyclic) bond motifs is 1. The zero-order valence-electron chi connectivity index (χ0n) is 22.2. The van der Waals surface area contributed by atoms with Gasteiger partial charge in [0.05, 0.1) is 18.3 Å². The number of alkyl halides is 3. The Morgan fingerprint density at radius 2 is 1.75 bits per heavy atom. The van der Waals surface area contributed by atoms with Crippen molar-refractivity contribution < 1.29 is 22.0 Å². The van der Waals surface area contributed by atoms with Gasteiger partial charge >= 0.3 is 6.18 Å². The van der Waals surface area contributed by atoms with E-state index in [2.05, 4.69) is 25.3 Å². The van der Waals surface area contributed by atoms with Gasteiger partial charge in [0.2, 0.25) is 5.95 Å². The van der Waals surface area contributed by atoms with Gasteiger partial charge in [0.15, 0.2) is 11.6 Å². The summed E-state index contributed by atoms with van der Waals surface area (Å²) in [4.78, 5) is 18.4. The number of hydrogen-bond donors (Lipinski definition) is 1. The number of hydrogen-bond acceptors (Lipinski definition) is 6. The first kappa shape index (κ1) is 27.6. The summed E-state index contributed by atoms with van der Waals surface area (Å²) in [6.07, 6.45) is 1.51. The number of nitrogens with one attached hydrogen (secondary N) is 1. The lowest BCUT2D eigenvalue weighted by Crippen LogP contribution is -2.38. The molecule has 1 aliphatic rings. The van der Waals surface area contributed by atoms with Crippen molar-refractivity contribution in [2.75, 3.05) is 25.0 Å². The highest BCUT2D eigenvalue weighted by molar-refractivity contribution is 5.83. The molecule has 7 nitrogen and oxygen atoms in total. The van der Waals surface area contributed by atoms with Crippen LogP contribution in [0.4, 0.5) is 33.7 Å². The van der Waals surface area contributed by atoms with Gasteiger partial charge in [-0.05, 0) is 63.4 Å². The lowest BCUT2D eigenvalue weighted by molar-refractivity contribution is -0.146. The van der Waals surface area contributed by atoms with E-state index in [1.807, 2.05) is 30.6 Å². The number of anilines is 2. The highest BCUT2D eigenvalue weighted by Gasteiger charge is 2.31. The molecule has 0 atom stereocenters. The largest absolute Gasteiger partial charge is 0.401 e. The van der Waals surface area contributed by atoms with Crippen LogP contribution in [0.15, 0.2) is 42.2 Å². The van der Waals surface area contributed by atoms with Gasteiger partial charge < -0.3 is 9.88 Å². The van der Waals surface area contributed by atoms with E-state index in [1.54, 1.807) is 25.3 Å². The van der Waals surface area contributed by atoms with E-state index in [0.717, 1.165) is 17.3 Å². The molecule has 5 rings (SSSR count). The molecule has 0 aliphatic carbocycles. The molecule has 3 aromatic heterocycles. The zero-order chi connectivity index (χ0) is 28.6. The lowest BCUT2D eigenvalue weighted by Gasteiger charge is -2.28. The first-order valence-corrected chi connectivity index (χ1v) is 12.9. The third-order valence-electron chi connectivity index (χ3n) is 6.76. The molecule has 1 aliphatic heterocycles. The van der Waals surface area contributed by atoms with Crippen molar-refractivity contribution in [3.8, 4) is 11.3 Å². The smallest absolute Gasteiger partial charge is 0.326 e. The normalized spacial score (nSPS) is 14.8. The van der Waals surface area contributed by atoms with Crippen LogP contribution >= 0.6 is 0 Å². The van der Waals surface area contributed by atoms with Crippen LogP contribution in [-0.4, -0.2) is 55.2 Å².